The summed E-state index contributed by atoms with van der Waals surface area (Å²) in [6.45, 7) is 0. The number of benzene rings is 10. The Morgan fingerprint density at radius 3 is 1.92 bits per heavy atom. The minimum atomic E-state index is 0.557. The Hall–Kier alpha value is -7.35. The fourth-order valence-corrected chi connectivity index (χ4v) is 11.2. The van der Waals surface area contributed by atoms with Gasteiger partial charge in [-0.25, -0.2) is 0 Å². The van der Waals surface area contributed by atoms with Crippen LogP contribution in [0.2, 0.25) is 0 Å². The molecular formula is C53H29N4O2Pb. The van der Waals surface area contributed by atoms with Crippen LogP contribution < -0.4 is 13.8 Å². The number of nitrogens with two attached hydrogens (primary N) is 1. The van der Waals surface area contributed by atoms with Crippen LogP contribution in [0, 0.1) is 11.3 Å². The van der Waals surface area contributed by atoms with Crippen molar-refractivity contribution in [3.05, 3.63) is 169 Å². The molecule has 277 valence electrons. The third-order valence-corrected chi connectivity index (χ3v) is 13.9. The molecule has 3 heterocycles. The molecule has 60 heavy (non-hydrogen) atoms. The van der Waals surface area contributed by atoms with E-state index in [-0.39, 0.29) is 0 Å². The average molecular weight is 961 g/mol. The number of rotatable bonds is 4. The summed E-state index contributed by atoms with van der Waals surface area (Å²) in [5.74, 6) is 0. The molecule has 0 aliphatic heterocycles. The summed E-state index contributed by atoms with van der Waals surface area (Å²) in [5.41, 5.74) is 17.3. The normalized spacial score (nSPS) is 12.1. The Morgan fingerprint density at radius 2 is 1.15 bits per heavy atom. The number of para-hydroxylation sites is 5. The Balaban J connectivity index is 1.15. The quantitative estimate of drug-likeness (QED) is 0.108. The molecule has 0 amide bonds. The van der Waals surface area contributed by atoms with Crippen molar-refractivity contribution >= 4 is 150 Å². The molecule has 0 atom stereocenters. The molecule has 13 aromatic rings. The second-order valence-electron chi connectivity index (χ2n) is 15.6. The number of hydrogen-bond acceptors (Lipinski definition) is 5. The van der Waals surface area contributed by atoms with Crippen molar-refractivity contribution in [3.8, 4) is 11.8 Å². The molecule has 3 aromatic heterocycles. The molecule has 6 nitrogen and oxygen atoms in total. The van der Waals surface area contributed by atoms with E-state index in [0.717, 1.165) is 130 Å². The molecule has 2 N–H and O–H groups in total. The van der Waals surface area contributed by atoms with Crippen LogP contribution in [-0.2, 0) is 0 Å². The number of anilines is 4. The first-order chi connectivity index (χ1) is 29.5. The molecule has 0 bridgehead atoms. The SMILES string of the molecule is N#Cc1cc2ccc3c4c(ccc(c1N(c1ccc5oc6ccccc6c5c1)c1ccccc1N)c24)cc1c2ccc[c]([Pb])c2n(-c2ccc4oc5ccccc5c4c2)c13. The maximum absolute atomic E-state index is 11.0. The molecule has 0 fully saturated rings. The van der Waals surface area contributed by atoms with Crippen molar-refractivity contribution in [3.63, 3.8) is 0 Å². The Kier molecular flexibility index (Phi) is 6.91. The fraction of sp³-hybridized carbons (Fsp3) is 0. The van der Waals surface area contributed by atoms with Gasteiger partial charge in [0.15, 0.2) is 0 Å². The summed E-state index contributed by atoms with van der Waals surface area (Å²) in [6, 6.07) is 59.6. The monoisotopic (exact) mass is 961 g/mol. The molecule has 7 heteroatoms. The van der Waals surface area contributed by atoms with E-state index in [1.165, 1.54) is 19.4 Å². The first kappa shape index (κ1) is 33.6. The standard InChI is InChI=1S/C53H29N4O2.Pb/c54-29-32-25-30-17-22-39-51-31(26-42-35-9-1-5-13-44(35)56(53(39)42)33-19-23-48-40(27-33)36-10-2-7-15-46(36)58-48)18-21-38(50(30)51)52(32)57(45-14-6-4-12-43(45)55)34-20-24-49-41(28-34)37-11-3-8-16-47(37)59-49;/h1-12,14-28H,55H2;. The van der Waals surface area contributed by atoms with E-state index >= 15 is 0 Å². The van der Waals surface area contributed by atoms with E-state index in [9.17, 15) is 5.26 Å². The molecule has 3 radical (unpaired) electrons. The number of furan rings is 2. The summed E-state index contributed by atoms with van der Waals surface area (Å²) in [7, 11) is 0. The topological polar surface area (TPSA) is 84.3 Å². The molecule has 0 saturated carbocycles. The number of aromatic nitrogens is 1. The van der Waals surface area contributed by atoms with Gasteiger partial charge >= 0.3 is 279 Å². The number of nitriles is 1. The molecule has 10 aromatic carbocycles. The van der Waals surface area contributed by atoms with Crippen LogP contribution in [0.4, 0.5) is 22.7 Å². The van der Waals surface area contributed by atoms with Gasteiger partial charge in [0.2, 0.25) is 0 Å². The van der Waals surface area contributed by atoms with Gasteiger partial charge in [-0.15, -0.1) is 0 Å². The van der Waals surface area contributed by atoms with Crippen molar-refractivity contribution in [2.45, 2.75) is 0 Å². The van der Waals surface area contributed by atoms with Gasteiger partial charge in [-0.05, 0) is 18.2 Å². The molecule has 0 unspecified atom stereocenters. The summed E-state index contributed by atoms with van der Waals surface area (Å²) in [6.07, 6.45) is 0. The first-order valence-corrected chi connectivity index (χ1v) is 21.8. The second kappa shape index (κ2) is 12.3. The minimum absolute atomic E-state index is 0.557. The Morgan fingerprint density at radius 1 is 0.517 bits per heavy atom. The van der Waals surface area contributed by atoms with Crippen molar-refractivity contribution in [1.29, 1.82) is 5.26 Å². The average Bonchev–Trinajstić information content (AvgIpc) is 3.96. The van der Waals surface area contributed by atoms with Crippen LogP contribution in [0.25, 0.3) is 104 Å². The van der Waals surface area contributed by atoms with Crippen LogP contribution in [0.1, 0.15) is 5.56 Å². The third-order valence-electron chi connectivity index (χ3n) is 12.4. The Bertz CT molecular complexity index is 4020. The maximum atomic E-state index is 11.0. The van der Waals surface area contributed by atoms with E-state index in [4.69, 9.17) is 14.6 Å². The molecular weight excluding hydrogens is 932 g/mol. The van der Waals surface area contributed by atoms with Crippen molar-refractivity contribution < 1.29 is 8.83 Å². The zero-order valence-corrected chi connectivity index (χ0v) is 35.7. The van der Waals surface area contributed by atoms with Gasteiger partial charge in [0.05, 0.1) is 0 Å². The number of hydrogen-bond donors (Lipinski definition) is 1. The van der Waals surface area contributed by atoms with Crippen LogP contribution in [0.15, 0.2) is 173 Å². The van der Waals surface area contributed by atoms with E-state index in [1.807, 2.05) is 66.7 Å². The summed E-state index contributed by atoms with van der Waals surface area (Å²) in [5, 5.41) is 24.2. The molecule has 13 rings (SSSR count). The predicted octanol–water partition coefficient (Wildman–Crippen LogP) is 13.2. The Labute approximate surface area is 357 Å². The zero-order chi connectivity index (χ0) is 39.8. The van der Waals surface area contributed by atoms with Gasteiger partial charge < -0.3 is 10.2 Å². The van der Waals surface area contributed by atoms with Gasteiger partial charge in [-0.2, -0.15) is 0 Å². The van der Waals surface area contributed by atoms with Crippen LogP contribution in [-0.4, -0.2) is 30.3 Å². The van der Waals surface area contributed by atoms with E-state index < -0.39 is 0 Å². The summed E-state index contributed by atoms with van der Waals surface area (Å²) < 4.78 is 16.4. The number of fused-ring (bicyclic) bond motifs is 10. The summed E-state index contributed by atoms with van der Waals surface area (Å²) in [4.78, 5) is 2.16. The zero-order valence-electron chi connectivity index (χ0n) is 31.8. The van der Waals surface area contributed by atoms with Crippen molar-refractivity contribution in [1.82, 2.24) is 4.57 Å². The number of nitrogens with zero attached hydrogens (tertiary/aromatic N) is 3. The second-order valence-corrected chi connectivity index (χ2v) is 17.7. The van der Waals surface area contributed by atoms with Gasteiger partial charge in [0.1, 0.15) is 11.2 Å². The fourth-order valence-electron chi connectivity index (χ4n) is 9.85. The van der Waals surface area contributed by atoms with Gasteiger partial charge in [0.25, 0.3) is 0 Å². The van der Waals surface area contributed by atoms with E-state index in [2.05, 4.69) is 113 Å². The molecule has 0 spiro atoms. The van der Waals surface area contributed by atoms with Crippen molar-refractivity contribution in [2.24, 2.45) is 0 Å². The number of nitrogen functional groups attached to an aromatic ring is 1. The van der Waals surface area contributed by atoms with Crippen LogP contribution >= 0.6 is 0 Å². The predicted molar refractivity (Wildman–Crippen MR) is 248 cm³/mol. The van der Waals surface area contributed by atoms with Crippen LogP contribution in [0.3, 0.4) is 0 Å². The van der Waals surface area contributed by atoms with Crippen molar-refractivity contribution in [2.75, 3.05) is 10.6 Å². The molecule has 0 aliphatic rings. The van der Waals surface area contributed by atoms with E-state index in [0.29, 0.717) is 11.3 Å². The van der Waals surface area contributed by atoms with Crippen LogP contribution in [0.5, 0.6) is 0 Å². The summed E-state index contributed by atoms with van der Waals surface area (Å²) >= 11 is 0.884. The molecule has 0 saturated heterocycles. The van der Waals surface area contributed by atoms with E-state index in [1.54, 1.807) is 0 Å². The van der Waals surface area contributed by atoms with Gasteiger partial charge in [0, 0.05) is 10.8 Å². The van der Waals surface area contributed by atoms with Gasteiger partial charge in [-0.3, -0.25) is 0 Å². The van der Waals surface area contributed by atoms with Gasteiger partial charge in [-0.1, -0.05) is 30.3 Å². The molecule has 0 aliphatic carbocycles. The first-order valence-electron chi connectivity index (χ1n) is 19.8. The third kappa shape index (κ3) is 4.55.